The van der Waals surface area contributed by atoms with Crippen LogP contribution in [-0.2, 0) is 4.79 Å². The lowest BCUT2D eigenvalue weighted by atomic mass is 9.92. The molecule has 2 amide bonds. The molecule has 5 nitrogen and oxygen atoms in total. The lowest BCUT2D eigenvalue weighted by Crippen LogP contribution is -2.39. The minimum Gasteiger partial charge on any atom is -0.337 e. The zero-order valence-corrected chi connectivity index (χ0v) is 16.5. The fourth-order valence-electron chi connectivity index (χ4n) is 3.75. The van der Waals surface area contributed by atoms with Gasteiger partial charge in [0.15, 0.2) is 0 Å². The Morgan fingerprint density at radius 3 is 2.69 bits per heavy atom. The summed E-state index contributed by atoms with van der Waals surface area (Å²) in [4.78, 5) is 27.1. The van der Waals surface area contributed by atoms with Crippen molar-refractivity contribution in [1.29, 1.82) is 0 Å². The number of hydrogen-bond acceptors (Lipinski definition) is 3. The summed E-state index contributed by atoms with van der Waals surface area (Å²) in [7, 11) is 0. The van der Waals surface area contributed by atoms with E-state index in [-0.39, 0.29) is 17.2 Å². The maximum absolute atomic E-state index is 13.0. The van der Waals surface area contributed by atoms with E-state index < -0.39 is 0 Å². The number of hydrogen-bond donors (Lipinski definition) is 2. The van der Waals surface area contributed by atoms with Gasteiger partial charge >= 0.3 is 0 Å². The van der Waals surface area contributed by atoms with Crippen molar-refractivity contribution in [3.8, 4) is 0 Å². The second kappa shape index (κ2) is 7.57. The van der Waals surface area contributed by atoms with Crippen molar-refractivity contribution < 1.29 is 9.59 Å². The van der Waals surface area contributed by atoms with Crippen molar-refractivity contribution in [3.63, 3.8) is 0 Å². The van der Waals surface area contributed by atoms with Crippen molar-refractivity contribution in [2.45, 2.75) is 58.5 Å². The molecule has 0 saturated carbocycles. The van der Waals surface area contributed by atoms with E-state index in [9.17, 15) is 9.59 Å². The van der Waals surface area contributed by atoms with Gasteiger partial charge in [0.25, 0.3) is 5.91 Å². The molecular formula is C20H28ClN3O2. The number of halogens is 1. The molecule has 0 aliphatic carbocycles. The molecule has 2 saturated heterocycles. The quantitative estimate of drug-likeness (QED) is 0.844. The van der Waals surface area contributed by atoms with Crippen LogP contribution in [0.1, 0.15) is 56.8 Å². The maximum atomic E-state index is 13.0. The molecule has 1 aromatic carbocycles. The summed E-state index contributed by atoms with van der Waals surface area (Å²) in [6.45, 7) is 7.51. The molecule has 2 aliphatic heterocycles. The second-order valence-corrected chi connectivity index (χ2v) is 9.07. The number of rotatable bonds is 3. The number of carbonyl (C=O) groups is 2. The van der Waals surface area contributed by atoms with Crippen molar-refractivity contribution in [3.05, 3.63) is 28.8 Å². The van der Waals surface area contributed by atoms with Crippen LogP contribution < -0.4 is 10.6 Å². The summed E-state index contributed by atoms with van der Waals surface area (Å²) < 4.78 is 0. The smallest absolute Gasteiger partial charge is 0.255 e. The Morgan fingerprint density at radius 2 is 1.96 bits per heavy atom. The number of likely N-dealkylation sites (tertiary alicyclic amines) is 1. The number of amides is 2. The predicted octanol–water partition coefficient (Wildman–Crippen LogP) is 3.68. The van der Waals surface area contributed by atoms with Crippen molar-refractivity contribution in [1.82, 2.24) is 10.2 Å². The summed E-state index contributed by atoms with van der Waals surface area (Å²) in [5, 5.41) is 6.88. The highest BCUT2D eigenvalue weighted by Crippen LogP contribution is 2.26. The third-order valence-electron chi connectivity index (χ3n) is 4.98. The Hall–Kier alpha value is -1.59. The summed E-state index contributed by atoms with van der Waals surface area (Å²) in [5.74, 6) is -0.120. The van der Waals surface area contributed by atoms with Crippen molar-refractivity contribution in [2.24, 2.45) is 5.41 Å². The molecule has 6 heteroatoms. The highest BCUT2D eigenvalue weighted by Gasteiger charge is 2.32. The first kappa shape index (κ1) is 19.2. The van der Waals surface area contributed by atoms with Gasteiger partial charge in [0.1, 0.15) is 0 Å². The lowest BCUT2D eigenvalue weighted by Gasteiger charge is -2.25. The van der Waals surface area contributed by atoms with Crippen molar-refractivity contribution >= 4 is 29.1 Å². The lowest BCUT2D eigenvalue weighted by molar-refractivity contribution is -0.117. The van der Waals surface area contributed by atoms with Gasteiger partial charge in [-0.3, -0.25) is 9.59 Å². The number of nitrogens with zero attached hydrogens (tertiary/aromatic N) is 1. The van der Waals surface area contributed by atoms with Crippen molar-refractivity contribution in [2.75, 3.05) is 18.4 Å². The van der Waals surface area contributed by atoms with Crippen LogP contribution in [0.15, 0.2) is 18.2 Å². The van der Waals surface area contributed by atoms with Gasteiger partial charge in [-0.15, -0.1) is 0 Å². The summed E-state index contributed by atoms with van der Waals surface area (Å²) >= 11 is 6.30. The molecule has 2 bridgehead atoms. The molecule has 0 radical (unpaired) electrons. The average molecular weight is 378 g/mol. The van der Waals surface area contributed by atoms with E-state index in [2.05, 4.69) is 10.6 Å². The van der Waals surface area contributed by atoms with E-state index in [1.54, 1.807) is 18.2 Å². The van der Waals surface area contributed by atoms with Gasteiger partial charge in [-0.2, -0.15) is 0 Å². The molecule has 1 aromatic rings. The first-order valence-electron chi connectivity index (χ1n) is 9.36. The Kier molecular flexibility index (Phi) is 5.58. The van der Waals surface area contributed by atoms with Gasteiger partial charge in [-0.05, 0) is 42.9 Å². The summed E-state index contributed by atoms with van der Waals surface area (Å²) in [5.41, 5.74) is 0.979. The monoisotopic (exact) mass is 377 g/mol. The first-order chi connectivity index (χ1) is 12.2. The first-order valence-corrected chi connectivity index (χ1v) is 9.74. The molecule has 2 N–H and O–H groups in total. The molecule has 3 rings (SSSR count). The Balaban J connectivity index is 1.72. The molecule has 0 aromatic heterocycles. The Bertz CT molecular complexity index is 699. The summed E-state index contributed by atoms with van der Waals surface area (Å²) in [6, 6.07) is 6.02. The molecule has 0 spiro atoms. The molecule has 26 heavy (non-hydrogen) atoms. The van der Waals surface area contributed by atoms with Gasteiger partial charge in [0.05, 0.1) is 10.6 Å². The van der Waals surface area contributed by atoms with E-state index in [0.717, 1.165) is 19.4 Å². The van der Waals surface area contributed by atoms with E-state index in [0.29, 0.717) is 41.3 Å². The molecular weight excluding hydrogens is 350 g/mol. The standard InChI is InChI=1S/C20H28ClN3O2/c1-20(2,3)11-18(25)23-14-6-7-17(21)16(10-14)19(26)24-9-8-13-4-5-15(12-24)22-13/h6-7,10,13,15,22H,4-5,8-9,11-12H2,1-3H3,(H,23,25). The zero-order valence-electron chi connectivity index (χ0n) is 15.8. The van der Waals surface area contributed by atoms with Crippen LogP contribution in [0.5, 0.6) is 0 Å². The van der Waals surface area contributed by atoms with E-state index in [1.807, 2.05) is 25.7 Å². The minimum atomic E-state index is -0.0898. The predicted molar refractivity (Wildman–Crippen MR) is 105 cm³/mol. The number of carbonyl (C=O) groups excluding carboxylic acids is 2. The fraction of sp³-hybridized carbons (Fsp3) is 0.600. The molecule has 2 heterocycles. The largest absolute Gasteiger partial charge is 0.337 e. The Morgan fingerprint density at radius 1 is 1.23 bits per heavy atom. The van der Waals surface area contributed by atoms with Crippen LogP contribution in [0.3, 0.4) is 0 Å². The molecule has 2 unspecified atom stereocenters. The van der Waals surface area contributed by atoms with Gasteiger partial charge in [-0.1, -0.05) is 32.4 Å². The zero-order chi connectivity index (χ0) is 18.9. The van der Waals surface area contributed by atoms with E-state index in [1.165, 1.54) is 6.42 Å². The second-order valence-electron chi connectivity index (χ2n) is 8.66. The van der Waals surface area contributed by atoms with Gasteiger partial charge < -0.3 is 15.5 Å². The van der Waals surface area contributed by atoms with Gasteiger partial charge in [0.2, 0.25) is 5.91 Å². The molecule has 2 aliphatic rings. The molecule has 2 fully saturated rings. The third-order valence-corrected chi connectivity index (χ3v) is 5.31. The minimum absolute atomic E-state index is 0.0590. The molecule has 142 valence electrons. The van der Waals surface area contributed by atoms with Crippen LogP contribution in [0.25, 0.3) is 0 Å². The summed E-state index contributed by atoms with van der Waals surface area (Å²) in [6.07, 6.45) is 3.70. The van der Waals surface area contributed by atoms with Crippen LogP contribution in [0, 0.1) is 5.41 Å². The number of anilines is 1. The average Bonchev–Trinajstić information content (AvgIpc) is 2.86. The van der Waals surface area contributed by atoms with E-state index >= 15 is 0 Å². The molecule has 2 atom stereocenters. The van der Waals surface area contributed by atoms with Gasteiger partial charge in [-0.25, -0.2) is 0 Å². The van der Waals surface area contributed by atoms with Crippen LogP contribution in [-0.4, -0.2) is 41.9 Å². The van der Waals surface area contributed by atoms with E-state index in [4.69, 9.17) is 11.6 Å². The highest BCUT2D eigenvalue weighted by atomic mass is 35.5. The van der Waals surface area contributed by atoms with Crippen LogP contribution >= 0.6 is 11.6 Å². The highest BCUT2D eigenvalue weighted by molar-refractivity contribution is 6.34. The topological polar surface area (TPSA) is 61.4 Å². The SMILES string of the molecule is CC(C)(C)CC(=O)Nc1ccc(Cl)c(C(=O)N2CCC3CCC(C2)N3)c1. The maximum Gasteiger partial charge on any atom is 0.255 e. The van der Waals surface area contributed by atoms with Gasteiger partial charge in [0, 0.05) is 37.3 Å². The number of fused-ring (bicyclic) bond motifs is 2. The van der Waals surface area contributed by atoms with Crippen LogP contribution in [0.4, 0.5) is 5.69 Å². The fourth-order valence-corrected chi connectivity index (χ4v) is 3.95. The normalized spacial score (nSPS) is 22.8. The Labute approximate surface area is 160 Å². The van der Waals surface area contributed by atoms with Crippen LogP contribution in [0.2, 0.25) is 5.02 Å². The number of nitrogens with one attached hydrogen (secondary N) is 2. The number of benzene rings is 1. The third kappa shape index (κ3) is 4.77.